The Bertz CT molecular complexity index is 340. The Morgan fingerprint density at radius 3 is 2.19 bits per heavy atom. The SMILES string of the molecule is CC(=O)N[C@@H](C)c1ccc(CC(C)C)cc1. The van der Waals surface area contributed by atoms with Crippen LogP contribution in [0.3, 0.4) is 0 Å². The van der Waals surface area contributed by atoms with E-state index >= 15 is 0 Å². The van der Waals surface area contributed by atoms with Gasteiger partial charge in [-0.1, -0.05) is 38.1 Å². The van der Waals surface area contributed by atoms with Crippen LogP contribution < -0.4 is 5.32 Å². The van der Waals surface area contributed by atoms with Gasteiger partial charge in [0.25, 0.3) is 0 Å². The van der Waals surface area contributed by atoms with E-state index in [2.05, 4.69) is 43.4 Å². The molecule has 0 saturated carbocycles. The van der Waals surface area contributed by atoms with E-state index in [0.717, 1.165) is 12.0 Å². The monoisotopic (exact) mass is 219 g/mol. The first-order valence-electron chi connectivity index (χ1n) is 5.85. The minimum atomic E-state index is 0.0127. The van der Waals surface area contributed by atoms with E-state index in [9.17, 15) is 4.79 Å². The molecule has 0 unspecified atom stereocenters. The van der Waals surface area contributed by atoms with Crippen LogP contribution in [-0.4, -0.2) is 5.91 Å². The second-order valence-corrected chi connectivity index (χ2v) is 4.76. The molecule has 0 bridgehead atoms. The van der Waals surface area contributed by atoms with Crippen LogP contribution in [0.4, 0.5) is 0 Å². The Kier molecular flexibility index (Phi) is 4.53. The van der Waals surface area contributed by atoms with Crippen LogP contribution in [0.1, 0.15) is 44.9 Å². The fourth-order valence-corrected chi connectivity index (χ4v) is 1.80. The van der Waals surface area contributed by atoms with Crippen LogP contribution in [0.25, 0.3) is 0 Å². The summed E-state index contributed by atoms with van der Waals surface area (Å²) in [6.07, 6.45) is 1.11. The molecular weight excluding hydrogens is 198 g/mol. The van der Waals surface area contributed by atoms with Gasteiger partial charge in [0.2, 0.25) is 5.91 Å². The number of amides is 1. The van der Waals surface area contributed by atoms with E-state index in [1.54, 1.807) is 6.92 Å². The number of carbonyl (C=O) groups is 1. The summed E-state index contributed by atoms with van der Waals surface area (Å²) in [5.74, 6) is 0.692. The topological polar surface area (TPSA) is 29.1 Å². The van der Waals surface area contributed by atoms with Crippen LogP contribution in [0.2, 0.25) is 0 Å². The van der Waals surface area contributed by atoms with Crippen molar-refractivity contribution < 1.29 is 4.79 Å². The highest BCUT2D eigenvalue weighted by Crippen LogP contribution is 2.15. The first kappa shape index (κ1) is 12.8. The zero-order valence-corrected chi connectivity index (χ0v) is 10.6. The van der Waals surface area contributed by atoms with Crippen molar-refractivity contribution in [3.8, 4) is 0 Å². The highest BCUT2D eigenvalue weighted by Gasteiger charge is 2.06. The molecule has 0 spiro atoms. The maximum Gasteiger partial charge on any atom is 0.217 e. The van der Waals surface area contributed by atoms with E-state index in [0.29, 0.717) is 5.92 Å². The molecule has 1 aromatic rings. The predicted molar refractivity (Wildman–Crippen MR) is 67.2 cm³/mol. The average Bonchev–Trinajstić information content (AvgIpc) is 2.16. The van der Waals surface area contributed by atoms with E-state index in [1.807, 2.05) is 6.92 Å². The summed E-state index contributed by atoms with van der Waals surface area (Å²) in [5, 5.41) is 2.88. The highest BCUT2D eigenvalue weighted by molar-refractivity contribution is 5.73. The molecule has 1 rings (SSSR count). The average molecular weight is 219 g/mol. The molecule has 16 heavy (non-hydrogen) atoms. The highest BCUT2D eigenvalue weighted by atomic mass is 16.1. The molecule has 0 aliphatic rings. The van der Waals surface area contributed by atoms with Gasteiger partial charge in [-0.3, -0.25) is 4.79 Å². The fraction of sp³-hybridized carbons (Fsp3) is 0.500. The number of hydrogen-bond acceptors (Lipinski definition) is 1. The number of hydrogen-bond donors (Lipinski definition) is 1. The van der Waals surface area contributed by atoms with Crippen molar-refractivity contribution >= 4 is 5.91 Å². The molecule has 0 aliphatic heterocycles. The van der Waals surface area contributed by atoms with Gasteiger partial charge in [-0.15, -0.1) is 0 Å². The summed E-state index contributed by atoms with van der Waals surface area (Å²) in [5.41, 5.74) is 2.51. The van der Waals surface area contributed by atoms with Gasteiger partial charge in [-0.2, -0.15) is 0 Å². The molecule has 2 nitrogen and oxygen atoms in total. The van der Waals surface area contributed by atoms with Gasteiger partial charge in [-0.25, -0.2) is 0 Å². The van der Waals surface area contributed by atoms with Crippen molar-refractivity contribution in [1.29, 1.82) is 0 Å². The van der Waals surface area contributed by atoms with Gasteiger partial charge >= 0.3 is 0 Å². The molecule has 1 aromatic carbocycles. The Morgan fingerprint density at radius 1 is 1.19 bits per heavy atom. The minimum Gasteiger partial charge on any atom is -0.350 e. The zero-order valence-electron chi connectivity index (χ0n) is 10.6. The number of rotatable bonds is 4. The number of carbonyl (C=O) groups excluding carboxylic acids is 1. The third kappa shape index (κ3) is 4.05. The molecule has 0 aliphatic carbocycles. The lowest BCUT2D eigenvalue weighted by molar-refractivity contribution is -0.119. The van der Waals surface area contributed by atoms with Gasteiger partial charge in [-0.05, 0) is 30.4 Å². The lowest BCUT2D eigenvalue weighted by Crippen LogP contribution is -2.23. The lowest BCUT2D eigenvalue weighted by atomic mass is 10.00. The molecule has 0 fully saturated rings. The second kappa shape index (κ2) is 5.69. The van der Waals surface area contributed by atoms with Crippen LogP contribution in [0, 0.1) is 5.92 Å². The molecule has 1 amide bonds. The van der Waals surface area contributed by atoms with Crippen molar-refractivity contribution in [3.63, 3.8) is 0 Å². The van der Waals surface area contributed by atoms with Crippen molar-refractivity contribution in [2.75, 3.05) is 0 Å². The maximum absolute atomic E-state index is 10.9. The van der Waals surface area contributed by atoms with Gasteiger partial charge in [0.1, 0.15) is 0 Å². The van der Waals surface area contributed by atoms with Crippen LogP contribution in [-0.2, 0) is 11.2 Å². The number of benzene rings is 1. The Balaban J connectivity index is 2.66. The molecule has 88 valence electrons. The molecule has 1 atom stereocenters. The standard InChI is InChI=1S/C14H21NO/c1-10(2)9-13-5-7-14(8-6-13)11(3)15-12(4)16/h5-8,10-11H,9H2,1-4H3,(H,15,16)/t11-/m0/s1. The summed E-state index contributed by atoms with van der Waals surface area (Å²) in [6, 6.07) is 8.57. The Labute approximate surface area is 98.1 Å². The first-order valence-corrected chi connectivity index (χ1v) is 5.85. The first-order chi connectivity index (χ1) is 7.49. The fourth-order valence-electron chi connectivity index (χ4n) is 1.80. The second-order valence-electron chi connectivity index (χ2n) is 4.76. The Morgan fingerprint density at radius 2 is 1.75 bits per heavy atom. The Hall–Kier alpha value is -1.31. The molecule has 2 heteroatoms. The van der Waals surface area contributed by atoms with Crippen molar-refractivity contribution in [3.05, 3.63) is 35.4 Å². The normalized spacial score (nSPS) is 12.6. The van der Waals surface area contributed by atoms with Gasteiger partial charge in [0, 0.05) is 6.92 Å². The van der Waals surface area contributed by atoms with E-state index in [1.165, 1.54) is 5.56 Å². The van der Waals surface area contributed by atoms with E-state index in [-0.39, 0.29) is 11.9 Å². The summed E-state index contributed by atoms with van der Waals surface area (Å²) < 4.78 is 0. The predicted octanol–water partition coefficient (Wildman–Crippen LogP) is 3.08. The molecule has 0 radical (unpaired) electrons. The zero-order chi connectivity index (χ0) is 12.1. The quantitative estimate of drug-likeness (QED) is 0.828. The summed E-state index contributed by atoms with van der Waals surface area (Å²) >= 11 is 0. The van der Waals surface area contributed by atoms with Crippen molar-refractivity contribution in [1.82, 2.24) is 5.32 Å². The summed E-state index contributed by atoms with van der Waals surface area (Å²) in [7, 11) is 0. The summed E-state index contributed by atoms with van der Waals surface area (Å²) in [4.78, 5) is 10.9. The largest absolute Gasteiger partial charge is 0.350 e. The minimum absolute atomic E-state index is 0.0127. The third-order valence-corrected chi connectivity index (χ3v) is 2.54. The summed E-state index contributed by atoms with van der Waals surface area (Å²) in [6.45, 7) is 7.98. The number of nitrogens with one attached hydrogen (secondary N) is 1. The van der Waals surface area contributed by atoms with Crippen LogP contribution >= 0.6 is 0 Å². The molecule has 1 N–H and O–H groups in total. The third-order valence-electron chi connectivity index (χ3n) is 2.54. The van der Waals surface area contributed by atoms with E-state index < -0.39 is 0 Å². The van der Waals surface area contributed by atoms with Crippen molar-refractivity contribution in [2.24, 2.45) is 5.92 Å². The smallest absolute Gasteiger partial charge is 0.217 e. The molecule has 0 saturated heterocycles. The molecule has 0 heterocycles. The lowest BCUT2D eigenvalue weighted by Gasteiger charge is -2.13. The molecule has 0 aromatic heterocycles. The van der Waals surface area contributed by atoms with E-state index in [4.69, 9.17) is 0 Å². The van der Waals surface area contributed by atoms with Crippen molar-refractivity contribution in [2.45, 2.75) is 40.2 Å². The van der Waals surface area contributed by atoms with Gasteiger partial charge in [0.15, 0.2) is 0 Å². The van der Waals surface area contributed by atoms with Gasteiger partial charge in [0.05, 0.1) is 6.04 Å². The van der Waals surface area contributed by atoms with Crippen LogP contribution in [0.5, 0.6) is 0 Å². The van der Waals surface area contributed by atoms with Crippen LogP contribution in [0.15, 0.2) is 24.3 Å². The molecular formula is C14H21NO. The maximum atomic E-state index is 10.9. The van der Waals surface area contributed by atoms with Gasteiger partial charge < -0.3 is 5.32 Å².